The van der Waals surface area contributed by atoms with Gasteiger partial charge < -0.3 is 5.32 Å². The van der Waals surface area contributed by atoms with Gasteiger partial charge in [-0.2, -0.15) is 0 Å². The van der Waals surface area contributed by atoms with Crippen molar-refractivity contribution in [1.29, 1.82) is 0 Å². The van der Waals surface area contributed by atoms with E-state index in [1.165, 1.54) is 16.5 Å². The van der Waals surface area contributed by atoms with E-state index in [1.54, 1.807) is 10.4 Å². The summed E-state index contributed by atoms with van der Waals surface area (Å²) in [6, 6.07) is 9.37. The lowest BCUT2D eigenvalue weighted by molar-refractivity contribution is 0.403. The van der Waals surface area contributed by atoms with E-state index >= 15 is 0 Å². The van der Waals surface area contributed by atoms with Crippen molar-refractivity contribution in [2.24, 2.45) is 5.92 Å². The van der Waals surface area contributed by atoms with E-state index < -0.39 is 0 Å². The number of hydrogen-bond donors (Lipinski definition) is 1. The quantitative estimate of drug-likeness (QED) is 0.788. The van der Waals surface area contributed by atoms with E-state index in [2.05, 4.69) is 43.4 Å². The van der Waals surface area contributed by atoms with Crippen LogP contribution in [0.3, 0.4) is 0 Å². The van der Waals surface area contributed by atoms with Gasteiger partial charge in [-0.25, -0.2) is 0 Å². The van der Waals surface area contributed by atoms with Gasteiger partial charge in [0.1, 0.15) is 0 Å². The monoisotopic (exact) mass is 231 g/mol. The summed E-state index contributed by atoms with van der Waals surface area (Å²) in [5, 5.41) is 5.13. The minimum Gasteiger partial charge on any atom is -0.309 e. The molecule has 0 aliphatic carbocycles. The fourth-order valence-corrected chi connectivity index (χ4v) is 4.11. The second-order valence-electron chi connectivity index (χ2n) is 4.87. The van der Waals surface area contributed by atoms with Crippen molar-refractivity contribution in [3.8, 4) is 0 Å². The third-order valence-corrected chi connectivity index (χ3v) is 4.71. The van der Waals surface area contributed by atoms with Gasteiger partial charge in [-0.15, -0.1) is 11.3 Å². The molecule has 1 aromatic heterocycles. The first-order valence-electron chi connectivity index (χ1n) is 6.01. The standard InChI is InChI=1S/C14H17NS/c1-9(2)13-14-11(7-8-15-13)10-5-3-4-6-12(10)16-14/h3-6,9,13,15H,7-8H2,1-2H3/t13-/m0/s1. The number of thiophene rings is 1. The smallest absolute Gasteiger partial charge is 0.0441 e. The largest absolute Gasteiger partial charge is 0.309 e. The van der Waals surface area contributed by atoms with E-state index in [-0.39, 0.29) is 0 Å². The molecule has 0 amide bonds. The first kappa shape index (κ1) is 10.3. The van der Waals surface area contributed by atoms with Gasteiger partial charge >= 0.3 is 0 Å². The SMILES string of the molecule is CC(C)[C@@H]1NCCc2c1sc1ccccc21. The highest BCUT2D eigenvalue weighted by Crippen LogP contribution is 2.39. The predicted molar refractivity (Wildman–Crippen MR) is 71.1 cm³/mol. The van der Waals surface area contributed by atoms with Crippen molar-refractivity contribution >= 4 is 21.4 Å². The maximum atomic E-state index is 3.65. The molecule has 0 unspecified atom stereocenters. The van der Waals surface area contributed by atoms with Crippen LogP contribution in [-0.2, 0) is 6.42 Å². The first-order valence-corrected chi connectivity index (χ1v) is 6.82. The molecular formula is C14H17NS. The lowest BCUT2D eigenvalue weighted by Crippen LogP contribution is -2.31. The average molecular weight is 231 g/mol. The molecule has 1 aliphatic heterocycles. The third kappa shape index (κ3) is 1.48. The molecule has 1 aromatic carbocycles. The third-order valence-electron chi connectivity index (χ3n) is 3.42. The van der Waals surface area contributed by atoms with Gasteiger partial charge in [-0.05, 0) is 35.9 Å². The van der Waals surface area contributed by atoms with Crippen LogP contribution < -0.4 is 5.32 Å². The number of hydrogen-bond acceptors (Lipinski definition) is 2. The van der Waals surface area contributed by atoms with Crippen LogP contribution in [0.5, 0.6) is 0 Å². The Bertz CT molecular complexity index is 512. The zero-order chi connectivity index (χ0) is 11.1. The van der Waals surface area contributed by atoms with E-state index in [1.807, 2.05) is 11.3 Å². The van der Waals surface area contributed by atoms with Crippen LogP contribution >= 0.6 is 11.3 Å². The van der Waals surface area contributed by atoms with Gasteiger partial charge in [0, 0.05) is 15.6 Å². The Balaban J connectivity index is 2.21. The van der Waals surface area contributed by atoms with Crippen molar-refractivity contribution in [3.63, 3.8) is 0 Å². The van der Waals surface area contributed by atoms with Gasteiger partial charge in [0.05, 0.1) is 0 Å². The van der Waals surface area contributed by atoms with E-state index in [0.29, 0.717) is 12.0 Å². The van der Waals surface area contributed by atoms with Crippen LogP contribution in [0, 0.1) is 5.92 Å². The molecule has 0 fully saturated rings. The Morgan fingerprint density at radius 2 is 2.12 bits per heavy atom. The Labute approximate surface area is 100 Å². The zero-order valence-corrected chi connectivity index (χ0v) is 10.6. The minimum absolute atomic E-state index is 0.557. The molecule has 1 N–H and O–H groups in total. The summed E-state index contributed by atoms with van der Waals surface area (Å²) in [5.74, 6) is 0.673. The lowest BCUT2D eigenvalue weighted by atomic mass is 9.93. The van der Waals surface area contributed by atoms with Gasteiger partial charge in [-0.1, -0.05) is 32.0 Å². The van der Waals surface area contributed by atoms with Crippen molar-refractivity contribution in [2.75, 3.05) is 6.54 Å². The normalized spacial score (nSPS) is 20.3. The molecule has 2 heterocycles. The van der Waals surface area contributed by atoms with Gasteiger partial charge in [-0.3, -0.25) is 0 Å². The van der Waals surface area contributed by atoms with Crippen molar-refractivity contribution in [2.45, 2.75) is 26.3 Å². The van der Waals surface area contributed by atoms with Gasteiger partial charge in [0.15, 0.2) is 0 Å². The number of fused-ring (bicyclic) bond motifs is 3. The summed E-state index contributed by atoms with van der Waals surface area (Å²) in [7, 11) is 0. The summed E-state index contributed by atoms with van der Waals surface area (Å²) in [5.41, 5.74) is 1.60. The van der Waals surface area contributed by atoms with Crippen molar-refractivity contribution in [1.82, 2.24) is 5.32 Å². The van der Waals surface area contributed by atoms with Gasteiger partial charge in [0.2, 0.25) is 0 Å². The number of nitrogens with one attached hydrogen (secondary N) is 1. The Morgan fingerprint density at radius 1 is 1.31 bits per heavy atom. The Kier molecular flexibility index (Phi) is 2.49. The highest BCUT2D eigenvalue weighted by atomic mass is 32.1. The molecule has 84 valence electrons. The maximum absolute atomic E-state index is 3.65. The van der Waals surface area contributed by atoms with Crippen molar-refractivity contribution < 1.29 is 0 Å². The summed E-state index contributed by atoms with van der Waals surface area (Å²) in [6.45, 7) is 5.73. The van der Waals surface area contributed by atoms with E-state index in [0.717, 1.165) is 6.54 Å². The molecule has 16 heavy (non-hydrogen) atoms. The van der Waals surface area contributed by atoms with Crippen LogP contribution in [0.2, 0.25) is 0 Å². The van der Waals surface area contributed by atoms with E-state index in [9.17, 15) is 0 Å². The van der Waals surface area contributed by atoms with E-state index in [4.69, 9.17) is 0 Å². The molecule has 2 aromatic rings. The summed E-state index contributed by atoms with van der Waals surface area (Å²) >= 11 is 1.97. The predicted octanol–water partition coefficient (Wildman–Crippen LogP) is 3.74. The molecule has 1 aliphatic rings. The molecule has 0 radical (unpaired) electrons. The molecule has 0 saturated carbocycles. The van der Waals surface area contributed by atoms with Crippen LogP contribution in [0.15, 0.2) is 24.3 Å². The number of rotatable bonds is 1. The average Bonchev–Trinajstić information content (AvgIpc) is 2.67. The van der Waals surface area contributed by atoms with Crippen molar-refractivity contribution in [3.05, 3.63) is 34.7 Å². The molecule has 0 saturated heterocycles. The molecule has 2 heteroatoms. The molecule has 3 rings (SSSR count). The maximum Gasteiger partial charge on any atom is 0.0441 e. The second-order valence-corrected chi connectivity index (χ2v) is 5.95. The lowest BCUT2D eigenvalue weighted by Gasteiger charge is -2.27. The highest BCUT2D eigenvalue weighted by Gasteiger charge is 2.25. The topological polar surface area (TPSA) is 12.0 Å². The summed E-state index contributed by atoms with van der Waals surface area (Å²) < 4.78 is 1.45. The summed E-state index contributed by atoms with van der Waals surface area (Å²) in [6.07, 6.45) is 1.18. The summed E-state index contributed by atoms with van der Waals surface area (Å²) in [4.78, 5) is 1.57. The first-order chi connectivity index (χ1) is 7.77. The molecule has 0 spiro atoms. The molecule has 1 atom stereocenters. The zero-order valence-electron chi connectivity index (χ0n) is 9.79. The van der Waals surface area contributed by atoms with Crippen LogP contribution in [0.25, 0.3) is 10.1 Å². The Hall–Kier alpha value is -0.860. The second kappa shape index (κ2) is 3.86. The minimum atomic E-state index is 0.557. The van der Waals surface area contributed by atoms with Gasteiger partial charge in [0.25, 0.3) is 0 Å². The van der Waals surface area contributed by atoms with Crippen LogP contribution in [0.1, 0.15) is 30.3 Å². The van der Waals surface area contributed by atoms with Crippen LogP contribution in [-0.4, -0.2) is 6.54 Å². The van der Waals surface area contributed by atoms with Crippen LogP contribution in [0.4, 0.5) is 0 Å². The fourth-order valence-electron chi connectivity index (χ4n) is 2.61. The highest BCUT2D eigenvalue weighted by molar-refractivity contribution is 7.19. The number of benzene rings is 1. The fraction of sp³-hybridized carbons (Fsp3) is 0.429. The molecular weight excluding hydrogens is 214 g/mol. The molecule has 0 bridgehead atoms. The Morgan fingerprint density at radius 3 is 2.94 bits per heavy atom. The molecule has 1 nitrogen and oxygen atoms in total.